The van der Waals surface area contributed by atoms with Gasteiger partial charge in [0.05, 0.1) is 12.0 Å². The van der Waals surface area contributed by atoms with Crippen LogP contribution in [0.3, 0.4) is 0 Å². The summed E-state index contributed by atoms with van der Waals surface area (Å²) in [6.07, 6.45) is 1.52. The number of benzene rings is 1. The van der Waals surface area contributed by atoms with Crippen LogP contribution in [0.15, 0.2) is 51.6 Å². The number of sulfonamides is 1. The molecule has 7 nitrogen and oxygen atoms in total. The minimum Gasteiger partial charge on any atom is -0.459 e. The second-order valence-electron chi connectivity index (χ2n) is 4.48. The molecule has 3 aromatic rings. The summed E-state index contributed by atoms with van der Waals surface area (Å²) in [6, 6.07) is 10.2. The molecule has 0 saturated heterocycles. The zero-order valence-corrected chi connectivity index (χ0v) is 12.5. The van der Waals surface area contributed by atoms with E-state index in [-0.39, 0.29) is 11.6 Å². The molecule has 0 fully saturated rings. The van der Waals surface area contributed by atoms with Gasteiger partial charge in [-0.2, -0.15) is 4.98 Å². The molecule has 0 bridgehead atoms. The number of rotatable bonds is 5. The molecule has 3 rings (SSSR count). The van der Waals surface area contributed by atoms with Crippen molar-refractivity contribution in [2.45, 2.75) is 6.92 Å². The Balaban J connectivity index is 1.81. The van der Waals surface area contributed by atoms with E-state index >= 15 is 0 Å². The Morgan fingerprint density at radius 1 is 1.18 bits per heavy atom. The van der Waals surface area contributed by atoms with Gasteiger partial charge < -0.3 is 8.94 Å². The smallest absolute Gasteiger partial charge is 0.293 e. The Labute approximate surface area is 127 Å². The molecule has 0 radical (unpaired) electrons. The van der Waals surface area contributed by atoms with Crippen molar-refractivity contribution in [3.05, 3.63) is 42.7 Å². The molecule has 1 aromatic carbocycles. The third-order valence-corrected chi connectivity index (χ3v) is 4.26. The number of hydrogen-bond acceptors (Lipinski definition) is 6. The maximum absolute atomic E-state index is 11.5. The standard InChI is InChI=1S/C14H13N3O4S/c1-2-22(18,19)17-11-7-5-10(6-8-11)13-15-14(21-16-13)12-4-3-9-20-12/h3-9,17H,2H2,1H3. The van der Waals surface area contributed by atoms with Crippen LogP contribution in [0, 0.1) is 0 Å². The zero-order chi connectivity index (χ0) is 15.6. The van der Waals surface area contributed by atoms with E-state index in [1.54, 1.807) is 43.3 Å². The first kappa shape index (κ1) is 14.3. The van der Waals surface area contributed by atoms with Crippen LogP contribution in [0.1, 0.15) is 6.92 Å². The van der Waals surface area contributed by atoms with Gasteiger partial charge in [-0.1, -0.05) is 5.16 Å². The predicted molar refractivity (Wildman–Crippen MR) is 80.5 cm³/mol. The van der Waals surface area contributed by atoms with Crippen LogP contribution in [0.5, 0.6) is 0 Å². The normalized spacial score (nSPS) is 11.5. The van der Waals surface area contributed by atoms with E-state index in [1.165, 1.54) is 6.26 Å². The van der Waals surface area contributed by atoms with Gasteiger partial charge in [-0.3, -0.25) is 4.72 Å². The fourth-order valence-corrected chi connectivity index (χ4v) is 2.42. The van der Waals surface area contributed by atoms with E-state index in [1.807, 2.05) is 0 Å². The summed E-state index contributed by atoms with van der Waals surface area (Å²) in [5.74, 6) is 1.20. The van der Waals surface area contributed by atoms with Gasteiger partial charge in [0.15, 0.2) is 5.76 Å². The van der Waals surface area contributed by atoms with Gasteiger partial charge >= 0.3 is 0 Å². The average Bonchev–Trinajstić information content (AvgIpc) is 3.19. The van der Waals surface area contributed by atoms with Crippen LogP contribution in [-0.4, -0.2) is 24.3 Å². The molecule has 0 saturated carbocycles. The van der Waals surface area contributed by atoms with E-state index in [9.17, 15) is 8.42 Å². The van der Waals surface area contributed by atoms with E-state index in [0.29, 0.717) is 22.8 Å². The minimum absolute atomic E-state index is 0.0199. The Morgan fingerprint density at radius 2 is 1.95 bits per heavy atom. The highest BCUT2D eigenvalue weighted by atomic mass is 32.2. The van der Waals surface area contributed by atoms with Gasteiger partial charge in [0, 0.05) is 11.3 Å². The lowest BCUT2D eigenvalue weighted by atomic mass is 10.2. The Hall–Kier alpha value is -2.61. The van der Waals surface area contributed by atoms with E-state index in [2.05, 4.69) is 14.9 Å². The molecule has 0 spiro atoms. The largest absolute Gasteiger partial charge is 0.459 e. The van der Waals surface area contributed by atoms with Crippen molar-refractivity contribution >= 4 is 15.7 Å². The first-order chi connectivity index (χ1) is 10.6. The molecule has 0 unspecified atom stereocenters. The summed E-state index contributed by atoms with van der Waals surface area (Å²) >= 11 is 0. The topological polar surface area (TPSA) is 98.2 Å². The second kappa shape index (κ2) is 5.64. The lowest BCUT2D eigenvalue weighted by Crippen LogP contribution is -2.14. The summed E-state index contributed by atoms with van der Waals surface area (Å²) < 4.78 is 35.8. The molecule has 22 heavy (non-hydrogen) atoms. The van der Waals surface area contributed by atoms with Gasteiger partial charge in [-0.25, -0.2) is 8.42 Å². The third-order valence-electron chi connectivity index (χ3n) is 2.95. The molecular weight excluding hydrogens is 306 g/mol. The quantitative estimate of drug-likeness (QED) is 0.776. The van der Waals surface area contributed by atoms with Gasteiger partial charge in [0.25, 0.3) is 5.89 Å². The number of furan rings is 1. The highest BCUT2D eigenvalue weighted by molar-refractivity contribution is 7.92. The molecule has 0 aliphatic carbocycles. The molecular formula is C14H13N3O4S. The van der Waals surface area contributed by atoms with Crippen molar-refractivity contribution in [3.63, 3.8) is 0 Å². The summed E-state index contributed by atoms with van der Waals surface area (Å²) in [5, 5.41) is 3.88. The van der Waals surface area contributed by atoms with E-state index < -0.39 is 10.0 Å². The van der Waals surface area contributed by atoms with Crippen molar-refractivity contribution < 1.29 is 17.4 Å². The molecule has 0 aliphatic heterocycles. The predicted octanol–water partition coefficient (Wildman–Crippen LogP) is 2.76. The van der Waals surface area contributed by atoms with Crippen molar-refractivity contribution in [1.29, 1.82) is 0 Å². The number of nitrogens with zero attached hydrogens (tertiary/aromatic N) is 2. The summed E-state index contributed by atoms with van der Waals surface area (Å²) in [4.78, 5) is 4.23. The molecule has 2 heterocycles. The minimum atomic E-state index is -3.29. The first-order valence-corrected chi connectivity index (χ1v) is 8.21. The Morgan fingerprint density at radius 3 is 2.59 bits per heavy atom. The first-order valence-electron chi connectivity index (χ1n) is 6.56. The number of aromatic nitrogens is 2. The third kappa shape index (κ3) is 3.01. The van der Waals surface area contributed by atoms with Crippen LogP contribution in [0.2, 0.25) is 0 Å². The van der Waals surface area contributed by atoms with Gasteiger partial charge in [-0.15, -0.1) is 0 Å². The van der Waals surface area contributed by atoms with Crippen molar-refractivity contribution in [2.24, 2.45) is 0 Å². The Kier molecular flexibility index (Phi) is 3.68. The Bertz CT molecular complexity index is 852. The SMILES string of the molecule is CCS(=O)(=O)Nc1ccc(-c2noc(-c3ccco3)n2)cc1. The summed E-state index contributed by atoms with van der Waals surface area (Å²) in [5.41, 5.74) is 1.20. The number of hydrogen-bond donors (Lipinski definition) is 1. The second-order valence-corrected chi connectivity index (χ2v) is 6.49. The molecule has 0 atom stereocenters. The monoisotopic (exact) mass is 319 g/mol. The highest BCUT2D eigenvalue weighted by Gasteiger charge is 2.13. The van der Waals surface area contributed by atoms with Crippen LogP contribution in [0.25, 0.3) is 23.0 Å². The van der Waals surface area contributed by atoms with Crippen molar-refractivity contribution in [2.75, 3.05) is 10.5 Å². The highest BCUT2D eigenvalue weighted by Crippen LogP contribution is 2.23. The molecule has 1 N–H and O–H groups in total. The summed E-state index contributed by atoms with van der Waals surface area (Å²) in [7, 11) is -3.29. The summed E-state index contributed by atoms with van der Waals surface area (Å²) in [6.45, 7) is 1.58. The number of anilines is 1. The van der Waals surface area contributed by atoms with Gasteiger partial charge in [0.1, 0.15) is 0 Å². The maximum atomic E-state index is 11.5. The molecule has 0 aliphatic rings. The molecule has 0 amide bonds. The van der Waals surface area contributed by atoms with Crippen molar-refractivity contribution in [1.82, 2.24) is 10.1 Å². The molecule has 2 aromatic heterocycles. The average molecular weight is 319 g/mol. The number of nitrogens with one attached hydrogen (secondary N) is 1. The van der Waals surface area contributed by atoms with Gasteiger partial charge in [0.2, 0.25) is 15.8 Å². The fraction of sp³-hybridized carbons (Fsp3) is 0.143. The van der Waals surface area contributed by atoms with Crippen LogP contribution in [-0.2, 0) is 10.0 Å². The van der Waals surface area contributed by atoms with E-state index in [4.69, 9.17) is 8.94 Å². The fourth-order valence-electron chi connectivity index (χ4n) is 1.78. The van der Waals surface area contributed by atoms with Gasteiger partial charge in [-0.05, 0) is 43.3 Å². The lowest BCUT2D eigenvalue weighted by molar-refractivity contribution is 0.417. The molecule has 8 heteroatoms. The van der Waals surface area contributed by atoms with Crippen LogP contribution >= 0.6 is 0 Å². The lowest BCUT2D eigenvalue weighted by Gasteiger charge is -2.05. The van der Waals surface area contributed by atoms with E-state index in [0.717, 1.165) is 0 Å². The van der Waals surface area contributed by atoms with Crippen LogP contribution < -0.4 is 4.72 Å². The maximum Gasteiger partial charge on any atom is 0.293 e. The zero-order valence-electron chi connectivity index (χ0n) is 11.7. The molecule has 114 valence electrons. The van der Waals surface area contributed by atoms with Crippen LogP contribution in [0.4, 0.5) is 5.69 Å². The van der Waals surface area contributed by atoms with Crippen molar-refractivity contribution in [3.8, 4) is 23.0 Å².